The molecule has 0 heterocycles. The number of hydrogen-bond donors (Lipinski definition) is 0. The van der Waals surface area contributed by atoms with Gasteiger partial charge in [-0.15, -0.1) is 0 Å². The summed E-state index contributed by atoms with van der Waals surface area (Å²) in [4.78, 5) is 0. The van der Waals surface area contributed by atoms with Gasteiger partial charge in [-0.1, -0.05) is 46.3 Å². The van der Waals surface area contributed by atoms with Gasteiger partial charge in [0.15, 0.2) is 0 Å². The molecule has 0 bridgehead atoms. The number of aryl methyl sites for hydroxylation is 1. The molecule has 19 heavy (non-hydrogen) atoms. The molecule has 0 spiro atoms. The molecule has 0 amide bonds. The second-order valence-corrected chi connectivity index (χ2v) is 6.14. The van der Waals surface area contributed by atoms with E-state index in [1.807, 2.05) is 0 Å². The fourth-order valence-electron chi connectivity index (χ4n) is 2.91. The average molecular weight is 313 g/mol. The molecular formula is C18H17Br. The monoisotopic (exact) mass is 312 g/mol. The van der Waals surface area contributed by atoms with Crippen LogP contribution >= 0.6 is 15.9 Å². The molecule has 0 N–H and O–H groups in total. The first-order valence-electron chi connectivity index (χ1n) is 6.64. The predicted octanol–water partition coefficient (Wildman–Crippen LogP) is 5.61. The van der Waals surface area contributed by atoms with Crippen molar-refractivity contribution in [3.8, 4) is 11.1 Å². The smallest absolute Gasteiger partial charge is 0.0259 e. The highest BCUT2D eigenvalue weighted by Gasteiger charge is 2.17. The van der Waals surface area contributed by atoms with Crippen LogP contribution in [0.15, 0.2) is 34.8 Å². The summed E-state index contributed by atoms with van der Waals surface area (Å²) in [5.41, 5.74) is 9.61. The van der Waals surface area contributed by atoms with E-state index < -0.39 is 0 Å². The van der Waals surface area contributed by atoms with Crippen LogP contribution in [-0.2, 0) is 6.42 Å². The fraction of sp³-hybridized carbons (Fsp3) is 0.222. The molecule has 0 nitrogen and oxygen atoms in total. The maximum atomic E-state index is 3.77. The third kappa shape index (κ3) is 1.97. The van der Waals surface area contributed by atoms with Crippen molar-refractivity contribution < 1.29 is 0 Å². The molecule has 96 valence electrons. The summed E-state index contributed by atoms with van der Waals surface area (Å²) in [6.07, 6.45) is 5.56. The van der Waals surface area contributed by atoms with Crippen molar-refractivity contribution in [3.63, 3.8) is 0 Å². The lowest BCUT2D eigenvalue weighted by molar-refractivity contribution is 1.26. The highest BCUT2D eigenvalue weighted by atomic mass is 79.9. The van der Waals surface area contributed by atoms with Gasteiger partial charge < -0.3 is 0 Å². The van der Waals surface area contributed by atoms with Crippen LogP contribution in [0.3, 0.4) is 0 Å². The number of rotatable bonds is 1. The lowest BCUT2D eigenvalue weighted by atomic mass is 9.90. The van der Waals surface area contributed by atoms with Crippen LogP contribution in [0.1, 0.15) is 27.8 Å². The standard InChI is InChI=1S/C18H17Br/c1-11-6-4-9-16(12(11)2)18-13(3)15-8-5-7-14(15)10-17(18)19/h4-6,8-10H,7H2,1-3H3. The maximum absolute atomic E-state index is 3.77. The van der Waals surface area contributed by atoms with Crippen LogP contribution in [0.5, 0.6) is 0 Å². The summed E-state index contributed by atoms with van der Waals surface area (Å²) >= 11 is 3.77. The Labute approximate surface area is 123 Å². The summed E-state index contributed by atoms with van der Waals surface area (Å²) in [6, 6.07) is 8.82. The first kappa shape index (κ1) is 12.7. The minimum absolute atomic E-state index is 1.06. The van der Waals surface area contributed by atoms with Crippen molar-refractivity contribution in [2.24, 2.45) is 0 Å². The summed E-state index contributed by atoms with van der Waals surface area (Å²) in [7, 11) is 0. The summed E-state index contributed by atoms with van der Waals surface area (Å²) < 4.78 is 1.21. The zero-order valence-corrected chi connectivity index (χ0v) is 13.1. The van der Waals surface area contributed by atoms with Gasteiger partial charge >= 0.3 is 0 Å². The van der Waals surface area contributed by atoms with Crippen molar-refractivity contribution in [1.82, 2.24) is 0 Å². The van der Waals surface area contributed by atoms with Gasteiger partial charge in [-0.3, -0.25) is 0 Å². The van der Waals surface area contributed by atoms with E-state index in [1.165, 1.54) is 43.4 Å². The lowest BCUT2D eigenvalue weighted by Crippen LogP contribution is -1.95. The highest BCUT2D eigenvalue weighted by molar-refractivity contribution is 9.10. The molecule has 0 aliphatic heterocycles. The van der Waals surface area contributed by atoms with Crippen molar-refractivity contribution in [2.75, 3.05) is 0 Å². The molecule has 3 rings (SSSR count). The predicted molar refractivity (Wildman–Crippen MR) is 86.5 cm³/mol. The molecule has 0 atom stereocenters. The molecule has 0 saturated carbocycles. The highest BCUT2D eigenvalue weighted by Crippen LogP contribution is 2.39. The summed E-state index contributed by atoms with van der Waals surface area (Å²) in [5, 5.41) is 0. The zero-order chi connectivity index (χ0) is 13.6. The van der Waals surface area contributed by atoms with Crippen LogP contribution < -0.4 is 0 Å². The van der Waals surface area contributed by atoms with Gasteiger partial charge in [0.25, 0.3) is 0 Å². The third-order valence-corrected chi connectivity index (χ3v) is 4.79. The molecule has 0 unspecified atom stereocenters. The molecule has 2 aromatic carbocycles. The Hall–Kier alpha value is -1.34. The van der Waals surface area contributed by atoms with E-state index in [9.17, 15) is 0 Å². The first-order chi connectivity index (χ1) is 9.09. The Morgan fingerprint density at radius 3 is 2.63 bits per heavy atom. The Morgan fingerprint density at radius 1 is 1.05 bits per heavy atom. The second-order valence-electron chi connectivity index (χ2n) is 5.29. The van der Waals surface area contributed by atoms with E-state index >= 15 is 0 Å². The number of allylic oxidation sites excluding steroid dienone is 1. The Morgan fingerprint density at radius 2 is 1.84 bits per heavy atom. The van der Waals surface area contributed by atoms with E-state index in [0.29, 0.717) is 0 Å². The van der Waals surface area contributed by atoms with E-state index in [0.717, 1.165) is 6.42 Å². The molecule has 0 aromatic heterocycles. The molecule has 0 fully saturated rings. The summed E-state index contributed by atoms with van der Waals surface area (Å²) in [5.74, 6) is 0. The zero-order valence-electron chi connectivity index (χ0n) is 11.5. The van der Waals surface area contributed by atoms with Gasteiger partial charge in [0.2, 0.25) is 0 Å². The molecular weight excluding hydrogens is 296 g/mol. The fourth-order valence-corrected chi connectivity index (χ4v) is 3.70. The van der Waals surface area contributed by atoms with Crippen LogP contribution in [0, 0.1) is 20.8 Å². The third-order valence-electron chi connectivity index (χ3n) is 4.16. The minimum Gasteiger partial charge on any atom is -0.0795 e. The largest absolute Gasteiger partial charge is 0.0795 e. The van der Waals surface area contributed by atoms with Crippen LogP contribution in [-0.4, -0.2) is 0 Å². The summed E-state index contributed by atoms with van der Waals surface area (Å²) in [6.45, 7) is 6.62. The van der Waals surface area contributed by atoms with Gasteiger partial charge in [0, 0.05) is 4.47 Å². The maximum Gasteiger partial charge on any atom is 0.0259 e. The Balaban J connectivity index is 2.32. The van der Waals surface area contributed by atoms with Crippen molar-refractivity contribution >= 4 is 22.0 Å². The van der Waals surface area contributed by atoms with Gasteiger partial charge in [-0.05, 0) is 72.2 Å². The second kappa shape index (κ2) is 4.64. The lowest BCUT2D eigenvalue weighted by Gasteiger charge is -2.16. The number of benzene rings is 2. The number of halogens is 1. The SMILES string of the molecule is Cc1cccc(-c2c(Br)cc3c(c2C)C=CC3)c1C. The van der Waals surface area contributed by atoms with Gasteiger partial charge in [0.1, 0.15) is 0 Å². The number of hydrogen-bond acceptors (Lipinski definition) is 0. The molecule has 0 radical (unpaired) electrons. The van der Waals surface area contributed by atoms with Crippen molar-refractivity contribution in [3.05, 3.63) is 62.6 Å². The first-order valence-corrected chi connectivity index (χ1v) is 7.44. The van der Waals surface area contributed by atoms with Crippen molar-refractivity contribution in [2.45, 2.75) is 27.2 Å². The van der Waals surface area contributed by atoms with Crippen LogP contribution in [0.25, 0.3) is 17.2 Å². The van der Waals surface area contributed by atoms with E-state index in [2.05, 4.69) is 73.1 Å². The minimum atomic E-state index is 1.06. The van der Waals surface area contributed by atoms with Gasteiger partial charge in [-0.2, -0.15) is 0 Å². The van der Waals surface area contributed by atoms with E-state index in [-0.39, 0.29) is 0 Å². The number of fused-ring (bicyclic) bond motifs is 1. The van der Waals surface area contributed by atoms with E-state index in [1.54, 1.807) is 0 Å². The molecule has 1 aliphatic rings. The quantitative estimate of drug-likeness (QED) is 0.642. The van der Waals surface area contributed by atoms with Crippen LogP contribution in [0.2, 0.25) is 0 Å². The van der Waals surface area contributed by atoms with E-state index in [4.69, 9.17) is 0 Å². The molecule has 2 aromatic rings. The Kier molecular flexibility index (Phi) is 3.10. The van der Waals surface area contributed by atoms with Crippen molar-refractivity contribution in [1.29, 1.82) is 0 Å². The Bertz CT molecular complexity index is 693. The average Bonchev–Trinajstić information content (AvgIpc) is 2.82. The normalized spacial score (nSPS) is 12.8. The topological polar surface area (TPSA) is 0 Å². The van der Waals surface area contributed by atoms with Gasteiger partial charge in [-0.25, -0.2) is 0 Å². The molecule has 1 heteroatoms. The molecule has 0 saturated heterocycles. The molecule has 1 aliphatic carbocycles. The van der Waals surface area contributed by atoms with Gasteiger partial charge in [0.05, 0.1) is 0 Å². The van der Waals surface area contributed by atoms with Crippen LogP contribution in [0.4, 0.5) is 0 Å².